The molecule has 0 saturated carbocycles. The summed E-state index contributed by atoms with van der Waals surface area (Å²) < 4.78 is 17.8. The number of aryl methyl sites for hydroxylation is 1. The molecule has 0 aliphatic carbocycles. The quantitative estimate of drug-likeness (QED) is 0.0678. The van der Waals surface area contributed by atoms with Gasteiger partial charge in [-0.1, -0.05) is 48.0 Å². The van der Waals surface area contributed by atoms with Crippen molar-refractivity contribution in [3.63, 3.8) is 0 Å². The van der Waals surface area contributed by atoms with Crippen molar-refractivity contribution in [3.8, 4) is 45.6 Å². The summed E-state index contributed by atoms with van der Waals surface area (Å²) >= 11 is 0. The largest absolute Gasteiger partial charge is 0.478 e. The van der Waals surface area contributed by atoms with E-state index in [1.807, 2.05) is 79.7 Å². The molecule has 11 heteroatoms. The summed E-state index contributed by atoms with van der Waals surface area (Å²) in [5, 5.41) is 23.8. The van der Waals surface area contributed by atoms with Crippen molar-refractivity contribution in [1.82, 2.24) is 5.32 Å². The van der Waals surface area contributed by atoms with Crippen LogP contribution in [0, 0.1) is 6.92 Å². The van der Waals surface area contributed by atoms with E-state index in [2.05, 4.69) is 15.5 Å². The Hall–Kier alpha value is -6.95. The van der Waals surface area contributed by atoms with Gasteiger partial charge in [0.2, 0.25) is 0 Å². The lowest BCUT2D eigenvalue weighted by atomic mass is 10.1. The van der Waals surface area contributed by atoms with E-state index in [9.17, 15) is 19.5 Å². The van der Waals surface area contributed by atoms with Gasteiger partial charge < -0.3 is 30.0 Å². The van der Waals surface area contributed by atoms with Gasteiger partial charge in [0, 0.05) is 18.3 Å². The van der Waals surface area contributed by atoms with Gasteiger partial charge in [-0.05, 0) is 115 Å². The van der Waals surface area contributed by atoms with Crippen molar-refractivity contribution < 1.29 is 43.8 Å². The minimum atomic E-state index is -1.26. The van der Waals surface area contributed by atoms with E-state index in [0.29, 0.717) is 22.7 Å². The molecule has 4 N–H and O–H groups in total. The maximum atomic E-state index is 13.4. The highest BCUT2D eigenvalue weighted by Gasteiger charge is 2.18. The average molecular weight is 711 g/mol. The number of nitrogens with one attached hydrogen (secondary N) is 2. The van der Waals surface area contributed by atoms with Gasteiger partial charge >= 0.3 is 5.97 Å². The van der Waals surface area contributed by atoms with Gasteiger partial charge in [0.15, 0.2) is 0 Å². The first-order chi connectivity index (χ1) is 25.7. The molecule has 0 unspecified atom stereocenters. The summed E-state index contributed by atoms with van der Waals surface area (Å²) in [7, 11) is 1.39. The smallest absolute Gasteiger partial charge is 0.336 e. The Morgan fingerprint density at radius 3 is 1.51 bits per heavy atom. The number of amides is 2. The van der Waals surface area contributed by atoms with Crippen LogP contribution < -0.4 is 24.8 Å². The summed E-state index contributed by atoms with van der Waals surface area (Å²) in [4.78, 5) is 41.6. The van der Waals surface area contributed by atoms with Crippen LogP contribution in [-0.2, 0) is 11.5 Å². The number of carboxylic acid groups (broad SMARTS) is 1. The Balaban J connectivity index is 1.09. The highest BCUT2D eigenvalue weighted by molar-refractivity contribution is 6.06. The van der Waals surface area contributed by atoms with Crippen LogP contribution in [0.4, 0.5) is 5.69 Å². The van der Waals surface area contributed by atoms with Crippen LogP contribution in [0.15, 0.2) is 133 Å². The molecule has 6 aromatic rings. The predicted octanol–water partition coefficient (Wildman–Crippen LogP) is 9.34. The molecular formula is C42H34N2O9. The Labute approximate surface area is 304 Å². The number of hydrogen-bond acceptors (Lipinski definition) is 8. The van der Waals surface area contributed by atoms with Gasteiger partial charge in [-0.2, -0.15) is 0 Å². The van der Waals surface area contributed by atoms with Crippen LogP contribution in [0.1, 0.15) is 42.2 Å². The Morgan fingerprint density at radius 2 is 1.00 bits per heavy atom. The molecule has 0 aliphatic rings. The molecule has 6 rings (SSSR count). The maximum absolute atomic E-state index is 13.4. The minimum absolute atomic E-state index is 0.0864. The molecule has 0 saturated heterocycles. The molecule has 0 fully saturated rings. The molecule has 2 amide bonds. The standard InChI is InChI=1S/C42H34N2O9/c1-26-3-12-31(13-4-26)51-32-14-5-27(6-15-32)28-7-16-33(17-8-28)52-34-19-10-30(11-20-34)44-41(46)38-23-35(18-9-29(38)25-50-49)53-36-21-22-37(42(47)48)39(24-36)40(45)43-2/h3-24,49H,25H2,1-2H3,(H,43,45)(H,44,46)(H,47,48). The second-order valence-electron chi connectivity index (χ2n) is 11.8. The fourth-order valence-corrected chi connectivity index (χ4v) is 5.37. The molecule has 0 heterocycles. The van der Waals surface area contributed by atoms with Crippen molar-refractivity contribution >= 4 is 23.5 Å². The van der Waals surface area contributed by atoms with Crippen LogP contribution in [0.25, 0.3) is 11.1 Å². The van der Waals surface area contributed by atoms with Gasteiger partial charge in [0.05, 0.1) is 11.1 Å². The van der Waals surface area contributed by atoms with Gasteiger partial charge in [-0.3, -0.25) is 14.8 Å². The molecule has 11 nitrogen and oxygen atoms in total. The van der Waals surface area contributed by atoms with E-state index in [1.54, 1.807) is 36.4 Å². The van der Waals surface area contributed by atoms with Gasteiger partial charge in [-0.25, -0.2) is 9.68 Å². The number of carbonyl (C=O) groups excluding carboxylic acids is 2. The third-order valence-electron chi connectivity index (χ3n) is 8.12. The van der Waals surface area contributed by atoms with E-state index in [-0.39, 0.29) is 34.8 Å². The summed E-state index contributed by atoms with van der Waals surface area (Å²) in [5.74, 6) is 0.757. The first-order valence-electron chi connectivity index (χ1n) is 16.4. The Bertz CT molecular complexity index is 2230. The number of rotatable bonds is 13. The van der Waals surface area contributed by atoms with Crippen molar-refractivity contribution in [2.45, 2.75) is 13.5 Å². The van der Waals surface area contributed by atoms with Crippen LogP contribution in [0.3, 0.4) is 0 Å². The average Bonchev–Trinajstić information content (AvgIpc) is 3.17. The third-order valence-corrected chi connectivity index (χ3v) is 8.12. The zero-order valence-corrected chi connectivity index (χ0v) is 28.7. The number of anilines is 1. The molecule has 0 atom stereocenters. The Kier molecular flexibility index (Phi) is 11.1. The monoisotopic (exact) mass is 710 g/mol. The highest BCUT2D eigenvalue weighted by Crippen LogP contribution is 2.31. The number of hydrogen-bond donors (Lipinski definition) is 4. The lowest BCUT2D eigenvalue weighted by Crippen LogP contribution is -2.21. The molecule has 0 radical (unpaired) electrons. The molecular weight excluding hydrogens is 676 g/mol. The van der Waals surface area contributed by atoms with Gasteiger partial charge in [0.25, 0.3) is 11.8 Å². The lowest BCUT2D eigenvalue weighted by Gasteiger charge is -2.14. The Morgan fingerprint density at radius 1 is 0.547 bits per heavy atom. The van der Waals surface area contributed by atoms with Crippen LogP contribution >= 0.6 is 0 Å². The van der Waals surface area contributed by atoms with Crippen LogP contribution in [-0.4, -0.2) is 35.2 Å². The number of carboxylic acids is 1. The molecule has 0 aromatic heterocycles. The van der Waals surface area contributed by atoms with E-state index in [0.717, 1.165) is 22.6 Å². The van der Waals surface area contributed by atoms with E-state index in [1.165, 1.54) is 36.9 Å². The SMILES string of the molecule is CNC(=O)c1cc(Oc2ccc(COO)c(C(=O)Nc3ccc(Oc4ccc(-c5ccc(Oc6ccc(C)cc6)cc5)cc4)cc3)c2)ccc1C(=O)O. The van der Waals surface area contributed by atoms with E-state index in [4.69, 9.17) is 19.5 Å². The van der Waals surface area contributed by atoms with Crippen molar-refractivity contribution in [3.05, 3.63) is 161 Å². The maximum Gasteiger partial charge on any atom is 0.336 e. The van der Waals surface area contributed by atoms with Crippen LogP contribution in [0.5, 0.6) is 34.5 Å². The summed E-state index contributed by atoms with van der Waals surface area (Å²) in [6.07, 6.45) is 0. The number of aromatic carboxylic acids is 1. The zero-order valence-electron chi connectivity index (χ0n) is 28.7. The fraction of sp³-hybridized carbons (Fsp3) is 0.0714. The third kappa shape index (κ3) is 9.05. The molecule has 0 spiro atoms. The van der Waals surface area contributed by atoms with Crippen molar-refractivity contribution in [2.75, 3.05) is 12.4 Å². The molecule has 0 bridgehead atoms. The molecule has 6 aromatic carbocycles. The first kappa shape index (κ1) is 35.9. The topological polar surface area (TPSA) is 153 Å². The van der Waals surface area contributed by atoms with Gasteiger partial charge in [-0.15, -0.1) is 0 Å². The van der Waals surface area contributed by atoms with E-state index < -0.39 is 17.8 Å². The molecule has 266 valence electrons. The number of benzene rings is 6. The van der Waals surface area contributed by atoms with Crippen molar-refractivity contribution in [2.24, 2.45) is 0 Å². The normalized spacial score (nSPS) is 10.6. The fourth-order valence-electron chi connectivity index (χ4n) is 5.37. The van der Waals surface area contributed by atoms with E-state index >= 15 is 0 Å². The minimum Gasteiger partial charge on any atom is -0.478 e. The summed E-state index contributed by atoms with van der Waals surface area (Å²) in [5.41, 5.74) is 3.95. The number of carbonyl (C=O) groups is 3. The van der Waals surface area contributed by atoms with Crippen molar-refractivity contribution in [1.29, 1.82) is 0 Å². The van der Waals surface area contributed by atoms with Crippen LogP contribution in [0.2, 0.25) is 0 Å². The highest BCUT2D eigenvalue weighted by atomic mass is 17.1. The second kappa shape index (κ2) is 16.4. The zero-order chi connectivity index (χ0) is 37.3. The first-order valence-corrected chi connectivity index (χ1v) is 16.4. The number of ether oxygens (including phenoxy) is 3. The summed E-state index contributed by atoms with van der Waals surface area (Å²) in [6.45, 7) is 1.77. The predicted molar refractivity (Wildman–Crippen MR) is 198 cm³/mol. The molecule has 0 aliphatic heterocycles. The second-order valence-corrected chi connectivity index (χ2v) is 11.8. The summed E-state index contributed by atoms with van der Waals surface area (Å²) in [6, 6.07) is 38.8. The lowest BCUT2D eigenvalue weighted by molar-refractivity contribution is -0.253. The van der Waals surface area contributed by atoms with Gasteiger partial charge in [0.1, 0.15) is 41.1 Å². The molecule has 53 heavy (non-hydrogen) atoms.